The van der Waals surface area contributed by atoms with Crippen molar-refractivity contribution in [3.05, 3.63) is 29.3 Å². The molecule has 1 fully saturated rings. The second kappa shape index (κ2) is 4.02. The average Bonchev–Trinajstić information content (AvgIpc) is 2.35. The molecule has 1 aromatic rings. The van der Waals surface area contributed by atoms with E-state index in [4.69, 9.17) is 0 Å². The van der Waals surface area contributed by atoms with Gasteiger partial charge in [-0.1, -0.05) is 31.4 Å². The summed E-state index contributed by atoms with van der Waals surface area (Å²) < 4.78 is 0. The molecule has 0 bridgehead atoms. The molecule has 3 rings (SSSR count). The van der Waals surface area contributed by atoms with Crippen LogP contribution in [-0.2, 0) is 11.8 Å². The molecule has 17 heavy (non-hydrogen) atoms. The Morgan fingerprint density at radius 3 is 2.65 bits per heavy atom. The molecule has 1 spiro atoms. The van der Waals surface area contributed by atoms with Crippen LogP contribution in [-0.4, -0.2) is 16.3 Å². The molecule has 0 saturated heterocycles. The molecule has 0 heterocycles. The molecule has 1 atom stereocenters. The minimum absolute atomic E-state index is 0.156. The van der Waals surface area contributed by atoms with E-state index < -0.39 is 0 Å². The van der Waals surface area contributed by atoms with Gasteiger partial charge in [0.1, 0.15) is 5.75 Å². The lowest BCUT2D eigenvalue weighted by Crippen LogP contribution is -2.45. The van der Waals surface area contributed by atoms with Gasteiger partial charge in [-0.3, -0.25) is 0 Å². The standard InChI is InChI=1S/C15H20O2/c16-12-6-4-5-11-7-8-13(17)15(14(11)12)9-2-1-3-10-15/h4-6,13,16-17H,1-3,7-10H2. The third-order valence-corrected chi connectivity index (χ3v) is 4.70. The third-order valence-electron chi connectivity index (χ3n) is 4.70. The van der Waals surface area contributed by atoms with E-state index in [0.29, 0.717) is 5.75 Å². The fraction of sp³-hybridized carbons (Fsp3) is 0.600. The van der Waals surface area contributed by atoms with Crippen LogP contribution in [0.15, 0.2) is 18.2 Å². The second-order valence-electron chi connectivity index (χ2n) is 5.58. The Labute approximate surface area is 102 Å². The Morgan fingerprint density at radius 2 is 1.88 bits per heavy atom. The van der Waals surface area contributed by atoms with E-state index in [-0.39, 0.29) is 11.5 Å². The van der Waals surface area contributed by atoms with Crippen LogP contribution >= 0.6 is 0 Å². The largest absolute Gasteiger partial charge is 0.508 e. The molecule has 1 unspecified atom stereocenters. The Morgan fingerprint density at radius 1 is 1.12 bits per heavy atom. The van der Waals surface area contributed by atoms with Crippen molar-refractivity contribution in [2.24, 2.45) is 0 Å². The Balaban J connectivity index is 2.15. The monoisotopic (exact) mass is 232 g/mol. The summed E-state index contributed by atoms with van der Waals surface area (Å²) in [5.41, 5.74) is 2.15. The number of phenols is 1. The van der Waals surface area contributed by atoms with Gasteiger partial charge >= 0.3 is 0 Å². The summed E-state index contributed by atoms with van der Waals surface area (Å²) in [6, 6.07) is 5.80. The van der Waals surface area contributed by atoms with Crippen LogP contribution < -0.4 is 0 Å². The Kier molecular flexibility index (Phi) is 2.62. The van der Waals surface area contributed by atoms with Crippen LogP contribution in [0.3, 0.4) is 0 Å². The first-order valence-electron chi connectivity index (χ1n) is 6.73. The van der Waals surface area contributed by atoms with Gasteiger partial charge in [-0.05, 0) is 37.3 Å². The number of benzene rings is 1. The first-order valence-corrected chi connectivity index (χ1v) is 6.73. The fourth-order valence-corrected chi connectivity index (χ4v) is 3.87. The van der Waals surface area contributed by atoms with Crippen molar-refractivity contribution in [2.75, 3.05) is 0 Å². The minimum atomic E-state index is -0.274. The topological polar surface area (TPSA) is 40.5 Å². The number of hydrogen-bond donors (Lipinski definition) is 2. The molecular weight excluding hydrogens is 212 g/mol. The van der Waals surface area contributed by atoms with Gasteiger partial charge in [-0.25, -0.2) is 0 Å². The summed E-state index contributed by atoms with van der Waals surface area (Å²) in [4.78, 5) is 0. The van der Waals surface area contributed by atoms with Crippen molar-refractivity contribution < 1.29 is 10.2 Å². The highest BCUT2D eigenvalue weighted by Gasteiger charge is 2.45. The maximum absolute atomic E-state index is 10.4. The van der Waals surface area contributed by atoms with Crippen molar-refractivity contribution in [3.8, 4) is 5.75 Å². The van der Waals surface area contributed by atoms with Gasteiger partial charge in [-0.2, -0.15) is 0 Å². The van der Waals surface area contributed by atoms with Gasteiger partial charge in [0.2, 0.25) is 0 Å². The van der Waals surface area contributed by atoms with Crippen molar-refractivity contribution >= 4 is 0 Å². The molecule has 1 saturated carbocycles. The zero-order valence-corrected chi connectivity index (χ0v) is 10.2. The zero-order chi connectivity index (χ0) is 11.9. The van der Waals surface area contributed by atoms with Crippen molar-refractivity contribution in [3.63, 3.8) is 0 Å². The lowest BCUT2D eigenvalue weighted by atomic mass is 9.60. The van der Waals surface area contributed by atoms with Crippen LogP contribution in [0.1, 0.15) is 49.7 Å². The molecular formula is C15H20O2. The van der Waals surface area contributed by atoms with E-state index in [9.17, 15) is 10.2 Å². The SMILES string of the molecule is Oc1cccc2c1C1(CCCCC1)C(O)CC2. The van der Waals surface area contributed by atoms with Gasteiger partial charge in [0.15, 0.2) is 0 Å². The quantitative estimate of drug-likeness (QED) is 0.722. The van der Waals surface area contributed by atoms with Crippen LogP contribution in [0.5, 0.6) is 5.75 Å². The number of fused-ring (bicyclic) bond motifs is 2. The first-order chi connectivity index (χ1) is 8.24. The lowest BCUT2D eigenvalue weighted by molar-refractivity contribution is 0.0374. The van der Waals surface area contributed by atoms with Crippen LogP contribution in [0.4, 0.5) is 0 Å². The Bertz CT molecular complexity index is 419. The molecule has 0 amide bonds. The van der Waals surface area contributed by atoms with Crippen molar-refractivity contribution in [1.82, 2.24) is 0 Å². The summed E-state index contributed by atoms with van der Waals surface area (Å²) >= 11 is 0. The number of hydrogen-bond acceptors (Lipinski definition) is 2. The first kappa shape index (κ1) is 11.1. The predicted molar refractivity (Wildman–Crippen MR) is 67.2 cm³/mol. The minimum Gasteiger partial charge on any atom is -0.508 e. The molecule has 2 aliphatic rings. The van der Waals surface area contributed by atoms with E-state index in [2.05, 4.69) is 6.07 Å². The van der Waals surface area contributed by atoms with Crippen molar-refractivity contribution in [2.45, 2.75) is 56.5 Å². The van der Waals surface area contributed by atoms with Crippen LogP contribution in [0, 0.1) is 0 Å². The van der Waals surface area contributed by atoms with Gasteiger partial charge in [-0.15, -0.1) is 0 Å². The van der Waals surface area contributed by atoms with Gasteiger partial charge < -0.3 is 10.2 Å². The summed E-state index contributed by atoms with van der Waals surface area (Å²) in [6.45, 7) is 0. The number of phenolic OH excluding ortho intramolecular Hbond substituents is 1. The average molecular weight is 232 g/mol. The number of aliphatic hydroxyl groups excluding tert-OH is 1. The number of aryl methyl sites for hydroxylation is 1. The third kappa shape index (κ3) is 1.58. The molecule has 2 nitrogen and oxygen atoms in total. The molecule has 2 aliphatic carbocycles. The summed E-state index contributed by atoms with van der Waals surface area (Å²) in [7, 11) is 0. The van der Waals surface area contributed by atoms with Crippen LogP contribution in [0.25, 0.3) is 0 Å². The molecule has 92 valence electrons. The summed E-state index contributed by atoms with van der Waals surface area (Å²) in [5, 5.41) is 20.6. The smallest absolute Gasteiger partial charge is 0.119 e. The normalized spacial score (nSPS) is 26.8. The number of rotatable bonds is 0. The number of aromatic hydroxyl groups is 1. The zero-order valence-electron chi connectivity index (χ0n) is 10.2. The highest BCUT2D eigenvalue weighted by atomic mass is 16.3. The molecule has 1 aromatic carbocycles. The summed E-state index contributed by atoms with van der Waals surface area (Å²) in [5.74, 6) is 0.392. The summed E-state index contributed by atoms with van der Waals surface area (Å²) in [6.07, 6.45) is 7.12. The second-order valence-corrected chi connectivity index (χ2v) is 5.58. The van der Waals surface area contributed by atoms with E-state index in [1.165, 1.54) is 24.8 Å². The van der Waals surface area contributed by atoms with Gasteiger partial charge in [0.25, 0.3) is 0 Å². The maximum atomic E-state index is 10.4. The number of aliphatic hydroxyl groups is 1. The molecule has 0 aliphatic heterocycles. The van der Waals surface area contributed by atoms with Crippen LogP contribution in [0.2, 0.25) is 0 Å². The van der Waals surface area contributed by atoms with E-state index in [0.717, 1.165) is 31.2 Å². The van der Waals surface area contributed by atoms with Gasteiger partial charge in [0.05, 0.1) is 6.10 Å². The molecule has 0 aromatic heterocycles. The highest BCUT2D eigenvalue weighted by Crippen LogP contribution is 2.50. The van der Waals surface area contributed by atoms with E-state index >= 15 is 0 Å². The maximum Gasteiger partial charge on any atom is 0.119 e. The van der Waals surface area contributed by atoms with Gasteiger partial charge in [0, 0.05) is 11.0 Å². The van der Waals surface area contributed by atoms with E-state index in [1.807, 2.05) is 6.07 Å². The molecule has 2 heteroatoms. The fourth-order valence-electron chi connectivity index (χ4n) is 3.87. The lowest BCUT2D eigenvalue weighted by Gasteiger charge is -2.46. The van der Waals surface area contributed by atoms with E-state index in [1.54, 1.807) is 6.07 Å². The molecule has 2 N–H and O–H groups in total. The predicted octanol–water partition coefficient (Wildman–Crippen LogP) is 2.90. The van der Waals surface area contributed by atoms with Crippen molar-refractivity contribution in [1.29, 1.82) is 0 Å². The molecule has 0 radical (unpaired) electrons. The highest BCUT2D eigenvalue weighted by molar-refractivity contribution is 5.48. The Hall–Kier alpha value is -1.02.